The predicted octanol–water partition coefficient (Wildman–Crippen LogP) is 15.9. The van der Waals surface area contributed by atoms with Gasteiger partial charge in [-0.2, -0.15) is 0 Å². The minimum atomic E-state index is -0.676. The molecule has 2 unspecified atom stereocenters. The fourth-order valence-electron chi connectivity index (χ4n) is 8.14. The second-order valence-electron chi connectivity index (χ2n) is 18.2. The van der Waals surface area contributed by atoms with Crippen molar-refractivity contribution in [3.63, 3.8) is 0 Å². The highest BCUT2D eigenvalue weighted by Crippen LogP contribution is 2.16. The lowest BCUT2D eigenvalue weighted by molar-refractivity contribution is -0.143. The molecule has 0 heterocycles. The molecule has 0 radical (unpaired) electrons. The maximum absolute atomic E-state index is 12.4. The van der Waals surface area contributed by atoms with E-state index in [9.17, 15) is 19.8 Å². The maximum atomic E-state index is 12.4. The van der Waals surface area contributed by atoms with Gasteiger partial charge < -0.3 is 20.3 Å². The molecular formula is C54H103NO5. The Morgan fingerprint density at radius 1 is 0.467 bits per heavy atom. The summed E-state index contributed by atoms with van der Waals surface area (Å²) < 4.78 is 5.47. The van der Waals surface area contributed by atoms with E-state index < -0.39 is 12.1 Å². The first-order valence-corrected chi connectivity index (χ1v) is 26.6. The van der Waals surface area contributed by atoms with Crippen LogP contribution in [0.4, 0.5) is 0 Å². The monoisotopic (exact) mass is 846 g/mol. The first-order chi connectivity index (χ1) is 29.5. The van der Waals surface area contributed by atoms with E-state index in [-0.39, 0.29) is 18.5 Å². The van der Waals surface area contributed by atoms with E-state index in [1.165, 1.54) is 186 Å². The van der Waals surface area contributed by atoms with Crippen molar-refractivity contribution in [1.82, 2.24) is 5.32 Å². The van der Waals surface area contributed by atoms with Crippen LogP contribution in [-0.2, 0) is 14.3 Å². The average molecular weight is 846 g/mol. The van der Waals surface area contributed by atoms with Crippen LogP contribution in [0.3, 0.4) is 0 Å². The molecule has 0 aliphatic carbocycles. The summed E-state index contributed by atoms with van der Waals surface area (Å²) in [5, 5.41) is 23.2. The first kappa shape index (κ1) is 58.3. The van der Waals surface area contributed by atoms with Crippen molar-refractivity contribution in [3.05, 3.63) is 24.3 Å². The van der Waals surface area contributed by atoms with E-state index in [1.54, 1.807) is 0 Å². The molecule has 0 spiro atoms. The molecule has 0 aromatic heterocycles. The van der Waals surface area contributed by atoms with Crippen LogP contribution in [0.25, 0.3) is 0 Å². The van der Waals surface area contributed by atoms with Gasteiger partial charge in [-0.25, -0.2) is 0 Å². The van der Waals surface area contributed by atoms with Gasteiger partial charge in [0, 0.05) is 12.8 Å². The smallest absolute Gasteiger partial charge is 0.305 e. The van der Waals surface area contributed by atoms with E-state index in [4.69, 9.17) is 4.74 Å². The average Bonchev–Trinajstić information content (AvgIpc) is 3.25. The van der Waals surface area contributed by atoms with Crippen molar-refractivity contribution in [2.45, 2.75) is 296 Å². The molecule has 0 bridgehead atoms. The zero-order valence-corrected chi connectivity index (χ0v) is 40.2. The summed E-state index contributed by atoms with van der Waals surface area (Å²) in [5.41, 5.74) is 0. The second kappa shape index (κ2) is 50.0. The molecule has 6 heteroatoms. The standard InChI is InChI=1S/C54H103NO5/c1-3-5-7-9-11-13-15-17-19-20-21-22-24-28-32-36-40-44-48-54(59)60-49-45-41-37-33-29-25-27-31-35-39-43-47-53(58)55-51(50-56)52(57)46-42-38-34-30-26-23-18-16-14-12-10-8-6-4-2/h13,15,19-20,51-52,56-57H,3-12,14,16-18,21-50H2,1-2H3,(H,55,58)/b15-13-,20-19-. The molecule has 0 aliphatic heterocycles. The summed E-state index contributed by atoms with van der Waals surface area (Å²) in [5.74, 6) is -0.0748. The van der Waals surface area contributed by atoms with Gasteiger partial charge in [-0.1, -0.05) is 237 Å². The molecule has 0 saturated carbocycles. The Labute approximate surface area is 373 Å². The minimum Gasteiger partial charge on any atom is -0.466 e. The number of aliphatic hydroxyl groups is 2. The van der Waals surface area contributed by atoms with Crippen LogP contribution in [0.15, 0.2) is 24.3 Å². The molecule has 354 valence electrons. The number of rotatable bonds is 49. The Kier molecular flexibility index (Phi) is 48.6. The molecule has 60 heavy (non-hydrogen) atoms. The molecule has 6 nitrogen and oxygen atoms in total. The fraction of sp³-hybridized carbons (Fsp3) is 0.889. The van der Waals surface area contributed by atoms with Gasteiger partial charge in [-0.15, -0.1) is 0 Å². The van der Waals surface area contributed by atoms with Crippen molar-refractivity contribution in [1.29, 1.82) is 0 Å². The van der Waals surface area contributed by atoms with Gasteiger partial charge in [-0.05, 0) is 57.8 Å². The predicted molar refractivity (Wildman–Crippen MR) is 260 cm³/mol. The third-order valence-corrected chi connectivity index (χ3v) is 12.3. The topological polar surface area (TPSA) is 95.9 Å². The number of nitrogens with one attached hydrogen (secondary N) is 1. The Hall–Kier alpha value is -1.66. The number of carbonyl (C=O) groups excluding carboxylic acids is 2. The normalized spacial score (nSPS) is 12.8. The number of carbonyl (C=O) groups is 2. The molecule has 0 rings (SSSR count). The largest absolute Gasteiger partial charge is 0.466 e. The van der Waals surface area contributed by atoms with Crippen LogP contribution in [0, 0.1) is 0 Å². The zero-order valence-electron chi connectivity index (χ0n) is 40.2. The molecule has 0 aromatic carbocycles. The molecule has 1 amide bonds. The van der Waals surface area contributed by atoms with Crippen molar-refractivity contribution in [2.75, 3.05) is 13.2 Å². The number of hydrogen-bond acceptors (Lipinski definition) is 5. The van der Waals surface area contributed by atoms with Gasteiger partial charge >= 0.3 is 5.97 Å². The van der Waals surface area contributed by atoms with Gasteiger partial charge in [0.25, 0.3) is 0 Å². The van der Waals surface area contributed by atoms with Crippen LogP contribution in [-0.4, -0.2) is 47.4 Å². The van der Waals surface area contributed by atoms with Crippen LogP contribution < -0.4 is 5.32 Å². The summed E-state index contributed by atoms with van der Waals surface area (Å²) in [7, 11) is 0. The third kappa shape index (κ3) is 45.9. The number of aliphatic hydroxyl groups excluding tert-OH is 2. The Balaban J connectivity index is 3.46. The van der Waals surface area contributed by atoms with E-state index in [2.05, 4.69) is 43.5 Å². The number of amides is 1. The number of unbranched alkanes of at least 4 members (excludes halogenated alkanes) is 34. The Morgan fingerprint density at radius 3 is 1.28 bits per heavy atom. The lowest BCUT2D eigenvalue weighted by atomic mass is 10.0. The van der Waals surface area contributed by atoms with E-state index >= 15 is 0 Å². The van der Waals surface area contributed by atoms with Gasteiger partial charge in [0.1, 0.15) is 0 Å². The van der Waals surface area contributed by atoms with Gasteiger partial charge in [-0.3, -0.25) is 9.59 Å². The van der Waals surface area contributed by atoms with Crippen LogP contribution >= 0.6 is 0 Å². The SMILES string of the molecule is CCCCCC/C=C\C/C=C\CCCCCCCCCC(=O)OCCCCCCCCCCCCCC(=O)NC(CO)C(O)CCCCCCCCCCCCCCCC. The van der Waals surface area contributed by atoms with Crippen LogP contribution in [0.2, 0.25) is 0 Å². The van der Waals surface area contributed by atoms with Crippen molar-refractivity contribution >= 4 is 11.9 Å². The molecule has 2 atom stereocenters. The quantitative estimate of drug-likeness (QED) is 0.0322. The highest BCUT2D eigenvalue weighted by atomic mass is 16.5. The number of hydrogen-bond donors (Lipinski definition) is 3. The Morgan fingerprint density at radius 2 is 0.833 bits per heavy atom. The maximum Gasteiger partial charge on any atom is 0.305 e. The summed E-state index contributed by atoms with van der Waals surface area (Å²) in [6, 6.07) is -0.555. The van der Waals surface area contributed by atoms with Crippen molar-refractivity contribution in [3.8, 4) is 0 Å². The molecule has 0 aromatic rings. The number of esters is 1. The van der Waals surface area contributed by atoms with E-state index in [1.807, 2.05) is 0 Å². The van der Waals surface area contributed by atoms with Crippen LogP contribution in [0.1, 0.15) is 284 Å². The van der Waals surface area contributed by atoms with Crippen molar-refractivity contribution in [2.24, 2.45) is 0 Å². The summed E-state index contributed by atoms with van der Waals surface area (Å²) in [6.45, 7) is 4.89. The highest BCUT2D eigenvalue weighted by Gasteiger charge is 2.20. The molecular weight excluding hydrogens is 743 g/mol. The summed E-state index contributed by atoms with van der Waals surface area (Å²) in [4.78, 5) is 24.5. The van der Waals surface area contributed by atoms with E-state index in [0.29, 0.717) is 25.9 Å². The second-order valence-corrected chi connectivity index (χ2v) is 18.2. The lowest BCUT2D eigenvalue weighted by Gasteiger charge is -2.22. The number of ether oxygens (including phenoxy) is 1. The highest BCUT2D eigenvalue weighted by molar-refractivity contribution is 5.76. The first-order valence-electron chi connectivity index (χ1n) is 26.6. The number of allylic oxidation sites excluding steroid dienone is 4. The fourth-order valence-corrected chi connectivity index (χ4v) is 8.14. The summed E-state index contributed by atoms with van der Waals surface area (Å²) >= 11 is 0. The molecule has 0 aliphatic rings. The van der Waals surface area contributed by atoms with Gasteiger partial charge in [0.05, 0.1) is 25.4 Å². The zero-order chi connectivity index (χ0) is 43.7. The van der Waals surface area contributed by atoms with Crippen LogP contribution in [0.5, 0.6) is 0 Å². The Bertz CT molecular complexity index is 935. The minimum absolute atomic E-state index is 0.0208. The third-order valence-electron chi connectivity index (χ3n) is 12.3. The van der Waals surface area contributed by atoms with Gasteiger partial charge in [0.15, 0.2) is 0 Å². The molecule has 3 N–H and O–H groups in total. The van der Waals surface area contributed by atoms with E-state index in [0.717, 1.165) is 64.2 Å². The molecule has 0 fully saturated rings. The summed E-state index contributed by atoms with van der Waals surface area (Å²) in [6.07, 6.45) is 58.6. The molecule has 0 saturated heterocycles. The lowest BCUT2D eigenvalue weighted by Crippen LogP contribution is -2.45. The van der Waals surface area contributed by atoms with Crippen molar-refractivity contribution < 1.29 is 24.5 Å². The van der Waals surface area contributed by atoms with Gasteiger partial charge in [0.2, 0.25) is 5.91 Å².